The van der Waals surface area contributed by atoms with Crippen molar-refractivity contribution in [1.29, 1.82) is 0 Å². The fourth-order valence-electron chi connectivity index (χ4n) is 4.73. The molecular weight excluding hydrogens is 392 g/mol. The summed E-state index contributed by atoms with van der Waals surface area (Å²) in [4.78, 5) is 26.6. The van der Waals surface area contributed by atoms with Crippen molar-refractivity contribution in [2.75, 3.05) is 19.3 Å². The van der Waals surface area contributed by atoms with E-state index in [1.54, 1.807) is 6.07 Å². The van der Waals surface area contributed by atoms with Crippen LogP contribution in [0.2, 0.25) is 0 Å². The van der Waals surface area contributed by atoms with Crippen molar-refractivity contribution >= 4 is 21.9 Å². The van der Waals surface area contributed by atoms with E-state index in [0.717, 1.165) is 11.1 Å². The molecule has 0 bridgehead atoms. The number of amides is 1. The highest BCUT2D eigenvalue weighted by Gasteiger charge is 2.44. The normalized spacial score (nSPS) is 23.5. The second-order valence-electron chi connectivity index (χ2n) is 9.23. The zero-order valence-electron chi connectivity index (χ0n) is 17.5. The standard InChI is InChI=1S/C21H30N2O5S/c1-21(2,3)19-17(6-5-10-23(19)20(25)26)18(24)15-7-8-16-13-22(29(4,27)28)11-9-14(16)12-15/h7-8,12,17,19H,5-6,9-11,13H2,1-4H3,(H,25,26). The van der Waals surface area contributed by atoms with Gasteiger partial charge in [-0.3, -0.25) is 4.79 Å². The number of likely N-dealkylation sites (tertiary alicyclic amines) is 1. The first-order valence-corrected chi connectivity index (χ1v) is 11.8. The SMILES string of the molecule is CC(C)(C)C1C(C(=O)c2ccc3c(c2)CCN(S(C)(=O)=O)C3)CCCN1C(=O)O. The summed E-state index contributed by atoms with van der Waals surface area (Å²) in [7, 11) is -3.24. The molecule has 29 heavy (non-hydrogen) atoms. The Labute approximate surface area is 172 Å². The van der Waals surface area contributed by atoms with Gasteiger partial charge < -0.3 is 10.0 Å². The number of carbonyl (C=O) groups excluding carboxylic acids is 1. The van der Waals surface area contributed by atoms with E-state index in [0.29, 0.717) is 44.5 Å². The lowest BCUT2D eigenvalue weighted by Gasteiger charge is -2.46. The molecule has 2 aliphatic rings. The second kappa shape index (κ2) is 7.72. The maximum atomic E-state index is 13.4. The van der Waals surface area contributed by atoms with Crippen LogP contribution in [0.25, 0.3) is 0 Å². The van der Waals surface area contributed by atoms with Gasteiger partial charge >= 0.3 is 6.09 Å². The number of carboxylic acid groups (broad SMARTS) is 1. The molecule has 0 aromatic heterocycles. The smallest absolute Gasteiger partial charge is 0.407 e. The summed E-state index contributed by atoms with van der Waals surface area (Å²) in [6, 6.07) is 5.09. The summed E-state index contributed by atoms with van der Waals surface area (Å²) in [6.07, 6.45) is 2.14. The average Bonchev–Trinajstić information content (AvgIpc) is 2.64. The first kappa shape index (κ1) is 21.8. The summed E-state index contributed by atoms with van der Waals surface area (Å²) in [6.45, 7) is 7.11. The summed E-state index contributed by atoms with van der Waals surface area (Å²) in [5.41, 5.74) is 2.14. The molecule has 8 heteroatoms. The molecule has 7 nitrogen and oxygen atoms in total. The van der Waals surface area contributed by atoms with Gasteiger partial charge in [-0.1, -0.05) is 32.9 Å². The number of hydrogen-bond donors (Lipinski definition) is 1. The third kappa shape index (κ3) is 4.48. The molecule has 0 saturated carbocycles. The van der Waals surface area contributed by atoms with Crippen molar-refractivity contribution in [3.05, 3.63) is 34.9 Å². The van der Waals surface area contributed by atoms with Gasteiger partial charge in [-0.15, -0.1) is 0 Å². The predicted molar refractivity (Wildman–Crippen MR) is 110 cm³/mol. The minimum absolute atomic E-state index is 0.0239. The quantitative estimate of drug-likeness (QED) is 0.756. The number of piperidine rings is 1. The van der Waals surface area contributed by atoms with Crippen LogP contribution in [0.5, 0.6) is 0 Å². The highest BCUT2D eigenvalue weighted by molar-refractivity contribution is 7.88. The Bertz CT molecular complexity index is 919. The van der Waals surface area contributed by atoms with Crippen molar-refractivity contribution in [2.45, 2.75) is 52.6 Å². The molecule has 1 amide bonds. The molecule has 1 fully saturated rings. The van der Waals surface area contributed by atoms with E-state index < -0.39 is 16.1 Å². The monoisotopic (exact) mass is 422 g/mol. The Morgan fingerprint density at radius 2 is 1.83 bits per heavy atom. The minimum Gasteiger partial charge on any atom is -0.465 e. The molecule has 2 heterocycles. The number of benzene rings is 1. The number of Topliss-reactive ketones (excluding diaryl/α,β-unsaturated/α-hetero) is 1. The van der Waals surface area contributed by atoms with E-state index in [1.165, 1.54) is 15.5 Å². The van der Waals surface area contributed by atoms with Crippen LogP contribution in [0.4, 0.5) is 4.79 Å². The minimum atomic E-state index is -3.24. The Hall–Kier alpha value is -1.93. The molecular formula is C21H30N2O5S. The lowest BCUT2D eigenvalue weighted by molar-refractivity contribution is 0.0234. The zero-order chi connectivity index (χ0) is 21.6. The van der Waals surface area contributed by atoms with Crippen LogP contribution >= 0.6 is 0 Å². The summed E-state index contributed by atoms with van der Waals surface area (Å²) in [5, 5.41) is 9.65. The van der Waals surface area contributed by atoms with E-state index in [1.807, 2.05) is 32.9 Å². The Morgan fingerprint density at radius 1 is 1.14 bits per heavy atom. The third-order valence-corrected chi connectivity index (χ3v) is 7.29. The molecule has 1 aromatic carbocycles. The van der Waals surface area contributed by atoms with Crippen LogP contribution in [-0.4, -0.2) is 60.0 Å². The van der Waals surface area contributed by atoms with Crippen LogP contribution < -0.4 is 0 Å². The predicted octanol–water partition coefficient (Wildman–Crippen LogP) is 2.99. The van der Waals surface area contributed by atoms with E-state index in [2.05, 4.69) is 0 Å². The van der Waals surface area contributed by atoms with Crippen molar-refractivity contribution in [3.63, 3.8) is 0 Å². The van der Waals surface area contributed by atoms with Gasteiger partial charge in [-0.05, 0) is 41.9 Å². The van der Waals surface area contributed by atoms with Gasteiger partial charge in [-0.2, -0.15) is 4.31 Å². The first-order chi connectivity index (χ1) is 13.4. The topological polar surface area (TPSA) is 95.0 Å². The lowest BCUT2D eigenvalue weighted by atomic mass is 9.71. The Kier molecular flexibility index (Phi) is 5.80. The highest BCUT2D eigenvalue weighted by atomic mass is 32.2. The fourth-order valence-corrected chi connectivity index (χ4v) is 5.53. The van der Waals surface area contributed by atoms with E-state index >= 15 is 0 Å². The van der Waals surface area contributed by atoms with Gasteiger partial charge in [0.05, 0.1) is 6.26 Å². The number of nitrogens with zero attached hydrogens (tertiary/aromatic N) is 2. The number of hydrogen-bond acceptors (Lipinski definition) is 4. The molecule has 0 spiro atoms. The Morgan fingerprint density at radius 3 is 2.41 bits per heavy atom. The number of sulfonamides is 1. The molecule has 1 N–H and O–H groups in total. The number of ketones is 1. The third-order valence-electron chi connectivity index (χ3n) is 6.04. The molecule has 2 unspecified atom stereocenters. The molecule has 2 aliphatic heterocycles. The van der Waals surface area contributed by atoms with Crippen LogP contribution in [0.15, 0.2) is 18.2 Å². The first-order valence-electron chi connectivity index (χ1n) is 10.0. The fraction of sp³-hybridized carbons (Fsp3) is 0.619. The van der Waals surface area contributed by atoms with E-state index in [4.69, 9.17) is 0 Å². The second-order valence-corrected chi connectivity index (χ2v) is 11.2. The van der Waals surface area contributed by atoms with Crippen LogP contribution in [0, 0.1) is 11.3 Å². The number of fused-ring (bicyclic) bond motifs is 1. The van der Waals surface area contributed by atoms with E-state index in [9.17, 15) is 23.1 Å². The van der Waals surface area contributed by atoms with E-state index in [-0.39, 0.29) is 23.2 Å². The molecule has 160 valence electrons. The van der Waals surface area contributed by atoms with Crippen LogP contribution in [-0.2, 0) is 23.0 Å². The molecule has 1 saturated heterocycles. The lowest BCUT2D eigenvalue weighted by Crippen LogP contribution is -2.56. The van der Waals surface area contributed by atoms with Gasteiger partial charge in [-0.25, -0.2) is 13.2 Å². The highest BCUT2D eigenvalue weighted by Crippen LogP contribution is 2.38. The van der Waals surface area contributed by atoms with Crippen LogP contribution in [0.1, 0.15) is 55.1 Å². The van der Waals surface area contributed by atoms with Crippen molar-refractivity contribution in [1.82, 2.24) is 9.21 Å². The largest absolute Gasteiger partial charge is 0.465 e. The molecule has 0 radical (unpaired) electrons. The maximum Gasteiger partial charge on any atom is 0.407 e. The van der Waals surface area contributed by atoms with Gasteiger partial charge in [0.25, 0.3) is 0 Å². The molecule has 2 atom stereocenters. The van der Waals surface area contributed by atoms with Gasteiger partial charge in [0.2, 0.25) is 10.0 Å². The zero-order valence-corrected chi connectivity index (χ0v) is 18.3. The summed E-state index contributed by atoms with van der Waals surface area (Å²) < 4.78 is 25.1. The van der Waals surface area contributed by atoms with Crippen molar-refractivity contribution in [2.24, 2.45) is 11.3 Å². The molecule has 3 rings (SSSR count). The number of carbonyl (C=O) groups is 2. The molecule has 0 aliphatic carbocycles. The summed E-state index contributed by atoms with van der Waals surface area (Å²) >= 11 is 0. The van der Waals surface area contributed by atoms with Gasteiger partial charge in [0.15, 0.2) is 5.78 Å². The van der Waals surface area contributed by atoms with Crippen molar-refractivity contribution < 1.29 is 23.1 Å². The molecule has 1 aromatic rings. The van der Waals surface area contributed by atoms with Gasteiger partial charge in [0, 0.05) is 37.2 Å². The van der Waals surface area contributed by atoms with Gasteiger partial charge in [0.1, 0.15) is 0 Å². The number of rotatable bonds is 3. The maximum absolute atomic E-state index is 13.4. The Balaban J connectivity index is 1.89. The van der Waals surface area contributed by atoms with Crippen LogP contribution in [0.3, 0.4) is 0 Å². The average molecular weight is 423 g/mol. The van der Waals surface area contributed by atoms with Crippen molar-refractivity contribution in [3.8, 4) is 0 Å². The summed E-state index contributed by atoms with van der Waals surface area (Å²) in [5.74, 6) is -0.404.